The minimum Gasteiger partial charge on any atom is -0.345 e. The number of nitro benzene ring substituents is 1. The Kier molecular flexibility index (Phi) is 7.38. The van der Waals surface area contributed by atoms with E-state index in [0.717, 1.165) is 24.2 Å². The fourth-order valence-electron chi connectivity index (χ4n) is 3.34. The second-order valence-electron chi connectivity index (χ2n) is 7.52. The topological polar surface area (TPSA) is 68.4 Å². The Morgan fingerprint density at radius 2 is 1.81 bits per heavy atom. The highest BCUT2D eigenvalue weighted by molar-refractivity contribution is 5.92. The highest BCUT2D eigenvalue weighted by Gasteiger charge is 2.19. The molecule has 1 amide bonds. The molecule has 160 valence electrons. The van der Waals surface area contributed by atoms with Crippen molar-refractivity contribution in [2.45, 2.75) is 39.4 Å². The minimum absolute atomic E-state index is 0.0314. The van der Waals surface area contributed by atoms with Crippen LogP contribution in [-0.2, 0) is 17.9 Å². The second-order valence-corrected chi connectivity index (χ2v) is 7.52. The third-order valence-corrected chi connectivity index (χ3v) is 5.38. The van der Waals surface area contributed by atoms with Gasteiger partial charge in [-0.25, -0.2) is 0 Å². The van der Waals surface area contributed by atoms with Gasteiger partial charge in [0.15, 0.2) is 0 Å². The molecular formula is C25H27N3O3. The summed E-state index contributed by atoms with van der Waals surface area (Å²) in [6, 6.07) is 20.5. The molecule has 0 spiro atoms. The number of benzene rings is 2. The molecule has 1 atom stereocenters. The van der Waals surface area contributed by atoms with Crippen molar-refractivity contribution in [3.8, 4) is 0 Å². The predicted molar refractivity (Wildman–Crippen MR) is 122 cm³/mol. The van der Waals surface area contributed by atoms with Crippen molar-refractivity contribution >= 4 is 17.7 Å². The van der Waals surface area contributed by atoms with Crippen LogP contribution in [0, 0.1) is 10.1 Å². The highest BCUT2D eigenvalue weighted by Crippen LogP contribution is 2.16. The van der Waals surface area contributed by atoms with Gasteiger partial charge in [-0.3, -0.25) is 14.9 Å². The molecule has 0 aliphatic carbocycles. The zero-order chi connectivity index (χ0) is 22.2. The molecule has 1 heterocycles. The van der Waals surface area contributed by atoms with Gasteiger partial charge in [0, 0.05) is 42.7 Å². The van der Waals surface area contributed by atoms with Gasteiger partial charge in [-0.1, -0.05) is 37.3 Å². The molecule has 6 heteroatoms. The molecule has 0 fully saturated rings. The Morgan fingerprint density at radius 3 is 2.45 bits per heavy atom. The lowest BCUT2D eigenvalue weighted by atomic mass is 10.1. The first-order valence-corrected chi connectivity index (χ1v) is 10.4. The number of hydrogen-bond donors (Lipinski definition) is 0. The maximum Gasteiger partial charge on any atom is 0.269 e. The molecule has 3 rings (SSSR count). The predicted octanol–water partition coefficient (Wildman–Crippen LogP) is 5.29. The molecule has 1 aromatic heterocycles. The van der Waals surface area contributed by atoms with Gasteiger partial charge in [0.05, 0.1) is 11.5 Å². The van der Waals surface area contributed by atoms with Crippen molar-refractivity contribution in [3.63, 3.8) is 0 Å². The maximum absolute atomic E-state index is 13.0. The molecule has 0 bridgehead atoms. The largest absolute Gasteiger partial charge is 0.345 e. The van der Waals surface area contributed by atoms with Crippen molar-refractivity contribution < 1.29 is 9.72 Å². The minimum atomic E-state index is -0.437. The van der Waals surface area contributed by atoms with Crippen LogP contribution >= 0.6 is 0 Å². The summed E-state index contributed by atoms with van der Waals surface area (Å²) in [5, 5.41) is 10.8. The average molecular weight is 418 g/mol. The van der Waals surface area contributed by atoms with E-state index in [1.807, 2.05) is 48.4 Å². The van der Waals surface area contributed by atoms with Crippen molar-refractivity contribution in [3.05, 3.63) is 106 Å². The fourth-order valence-corrected chi connectivity index (χ4v) is 3.34. The van der Waals surface area contributed by atoms with E-state index in [4.69, 9.17) is 0 Å². The smallest absolute Gasteiger partial charge is 0.269 e. The summed E-state index contributed by atoms with van der Waals surface area (Å²) in [6.45, 7) is 5.37. The molecule has 6 nitrogen and oxygen atoms in total. The molecule has 3 aromatic rings. The molecule has 0 aliphatic rings. The molecule has 0 radical (unpaired) electrons. The number of carbonyl (C=O) groups is 1. The third-order valence-electron chi connectivity index (χ3n) is 5.38. The van der Waals surface area contributed by atoms with Gasteiger partial charge in [0.2, 0.25) is 5.91 Å². The lowest BCUT2D eigenvalue weighted by molar-refractivity contribution is -0.384. The van der Waals surface area contributed by atoms with E-state index >= 15 is 0 Å². The number of nitro groups is 1. The van der Waals surface area contributed by atoms with Gasteiger partial charge >= 0.3 is 0 Å². The zero-order valence-corrected chi connectivity index (χ0v) is 17.8. The second kappa shape index (κ2) is 10.4. The fraction of sp³-hybridized carbons (Fsp3) is 0.240. The van der Waals surface area contributed by atoms with E-state index in [1.165, 1.54) is 23.8 Å². The quantitative estimate of drug-likeness (QED) is 0.270. The number of nitrogens with zero attached hydrogens (tertiary/aromatic N) is 3. The van der Waals surface area contributed by atoms with Crippen molar-refractivity contribution in [2.75, 3.05) is 0 Å². The summed E-state index contributed by atoms with van der Waals surface area (Å²) in [6.07, 6.45) is 6.12. The van der Waals surface area contributed by atoms with Crippen LogP contribution in [0.5, 0.6) is 0 Å². The molecule has 1 unspecified atom stereocenters. The molecule has 0 N–H and O–H groups in total. The number of non-ortho nitro benzene ring substituents is 1. The zero-order valence-electron chi connectivity index (χ0n) is 17.8. The Morgan fingerprint density at radius 1 is 1.10 bits per heavy atom. The molecule has 31 heavy (non-hydrogen) atoms. The van der Waals surface area contributed by atoms with Crippen molar-refractivity contribution in [1.82, 2.24) is 9.47 Å². The Labute approximate surface area is 182 Å². The summed E-state index contributed by atoms with van der Waals surface area (Å²) in [4.78, 5) is 25.2. The van der Waals surface area contributed by atoms with Crippen molar-refractivity contribution in [2.24, 2.45) is 0 Å². The summed E-state index contributed by atoms with van der Waals surface area (Å²) in [5.41, 5.74) is 3.06. The van der Waals surface area contributed by atoms with Gasteiger partial charge in [0.1, 0.15) is 0 Å². The number of carbonyl (C=O) groups excluding carboxylic acids is 1. The summed E-state index contributed by atoms with van der Waals surface area (Å²) >= 11 is 0. The SMILES string of the molecule is CCC(C)N(Cc1cccn1Cc1ccccc1)C(=O)/C=C/c1ccc([N+](=O)[O-])cc1. The number of aromatic nitrogens is 1. The molecule has 0 saturated carbocycles. The van der Waals surface area contributed by atoms with Gasteiger partial charge < -0.3 is 9.47 Å². The van der Waals surface area contributed by atoms with Crippen molar-refractivity contribution in [1.29, 1.82) is 0 Å². The van der Waals surface area contributed by atoms with Crippen LogP contribution in [0.2, 0.25) is 0 Å². The van der Waals surface area contributed by atoms with Gasteiger partial charge in [-0.2, -0.15) is 0 Å². The van der Waals surface area contributed by atoms with E-state index < -0.39 is 4.92 Å². The summed E-state index contributed by atoms with van der Waals surface area (Å²) in [5.74, 6) is -0.0832. The van der Waals surface area contributed by atoms with E-state index in [2.05, 4.69) is 23.6 Å². The Hall–Kier alpha value is -3.67. The number of hydrogen-bond acceptors (Lipinski definition) is 3. The summed E-state index contributed by atoms with van der Waals surface area (Å²) in [7, 11) is 0. The van der Waals surface area contributed by atoms with Gasteiger partial charge in [-0.15, -0.1) is 0 Å². The van der Waals surface area contributed by atoms with E-state index in [1.54, 1.807) is 18.2 Å². The van der Waals surface area contributed by atoms with Crippen LogP contribution in [0.1, 0.15) is 37.1 Å². The molecular weight excluding hydrogens is 390 g/mol. The first-order valence-electron chi connectivity index (χ1n) is 10.4. The van der Waals surface area contributed by atoms with Crippen LogP contribution < -0.4 is 0 Å². The first kappa shape index (κ1) is 22.0. The van der Waals surface area contributed by atoms with Crippen LogP contribution in [0.4, 0.5) is 5.69 Å². The lowest BCUT2D eigenvalue weighted by Crippen LogP contribution is -2.37. The maximum atomic E-state index is 13.0. The molecule has 0 aliphatic heterocycles. The van der Waals surface area contributed by atoms with E-state index in [9.17, 15) is 14.9 Å². The Bertz CT molecular complexity index is 1040. The summed E-state index contributed by atoms with van der Waals surface area (Å²) < 4.78 is 2.16. The van der Waals surface area contributed by atoms with Crippen LogP contribution in [0.25, 0.3) is 6.08 Å². The Balaban J connectivity index is 1.74. The van der Waals surface area contributed by atoms with E-state index in [-0.39, 0.29) is 17.6 Å². The first-order chi connectivity index (χ1) is 15.0. The highest BCUT2D eigenvalue weighted by atomic mass is 16.6. The number of rotatable bonds is 9. The average Bonchev–Trinajstić information content (AvgIpc) is 3.22. The van der Waals surface area contributed by atoms with Crippen LogP contribution in [0.3, 0.4) is 0 Å². The van der Waals surface area contributed by atoms with Gasteiger partial charge in [-0.05, 0) is 54.8 Å². The molecule has 0 saturated heterocycles. The monoisotopic (exact) mass is 417 g/mol. The molecule has 2 aromatic carbocycles. The number of amides is 1. The van der Waals surface area contributed by atoms with Gasteiger partial charge in [0.25, 0.3) is 5.69 Å². The standard InChI is InChI=1S/C25H27N3O3/c1-3-20(2)27(25(29)16-13-21-11-14-23(15-12-21)28(30)31)19-24-10-7-17-26(24)18-22-8-5-4-6-9-22/h4-17,20H,3,18-19H2,1-2H3/b16-13+. The van der Waals surface area contributed by atoms with Crippen LogP contribution in [-0.4, -0.2) is 26.3 Å². The third kappa shape index (κ3) is 5.92. The normalized spacial score (nSPS) is 12.1. The van der Waals surface area contributed by atoms with Crippen LogP contribution in [0.15, 0.2) is 79.0 Å². The van der Waals surface area contributed by atoms with E-state index in [0.29, 0.717) is 6.54 Å². The lowest BCUT2D eigenvalue weighted by Gasteiger charge is -2.28.